The molecule has 0 N–H and O–H groups in total. The van der Waals surface area contributed by atoms with E-state index in [2.05, 4.69) is 25.8 Å². The Morgan fingerprint density at radius 3 is 2.73 bits per heavy atom. The largest absolute Gasteiger partial charge is 0.446 e. The predicted molar refractivity (Wildman–Crippen MR) is 44.4 cm³/mol. The quantitative estimate of drug-likeness (QED) is 0.666. The lowest BCUT2D eigenvalue weighted by Gasteiger charge is -1.97. The third-order valence-corrected chi connectivity index (χ3v) is 1.53. The van der Waals surface area contributed by atoms with Crippen LogP contribution < -0.4 is 0 Å². The van der Waals surface area contributed by atoms with Crippen LogP contribution in [-0.4, -0.2) is 4.98 Å². The van der Waals surface area contributed by atoms with Crippen molar-refractivity contribution in [2.45, 2.75) is 33.6 Å². The van der Waals surface area contributed by atoms with Crippen molar-refractivity contribution in [1.82, 2.24) is 4.98 Å². The maximum absolute atomic E-state index is 5.43. The van der Waals surface area contributed by atoms with Crippen LogP contribution in [0.15, 0.2) is 10.6 Å². The van der Waals surface area contributed by atoms with Gasteiger partial charge in [0.05, 0.1) is 6.20 Å². The molecular formula is C9H15NO. The summed E-state index contributed by atoms with van der Waals surface area (Å²) < 4.78 is 5.43. The topological polar surface area (TPSA) is 26.0 Å². The lowest BCUT2D eigenvalue weighted by Crippen LogP contribution is -1.93. The van der Waals surface area contributed by atoms with E-state index in [1.807, 2.05) is 6.20 Å². The molecule has 0 atom stereocenters. The highest BCUT2D eigenvalue weighted by atomic mass is 16.4. The Hall–Kier alpha value is -0.790. The van der Waals surface area contributed by atoms with Gasteiger partial charge in [0.1, 0.15) is 5.76 Å². The second-order valence-corrected chi connectivity index (χ2v) is 3.17. The standard InChI is InChI=1S/C9H15NO/c1-4-8-6-10-9(11-8)5-7(2)3/h6-7H,4-5H2,1-3H3. The molecule has 62 valence electrons. The van der Waals surface area contributed by atoms with Crippen LogP contribution in [0.2, 0.25) is 0 Å². The minimum absolute atomic E-state index is 0.623. The van der Waals surface area contributed by atoms with Gasteiger partial charge in [-0.05, 0) is 5.92 Å². The summed E-state index contributed by atoms with van der Waals surface area (Å²) in [6.07, 6.45) is 3.70. The number of aryl methyl sites for hydroxylation is 1. The summed E-state index contributed by atoms with van der Waals surface area (Å²) in [5.41, 5.74) is 0. The molecule has 1 rings (SSSR count). The van der Waals surface area contributed by atoms with Crippen molar-refractivity contribution in [3.63, 3.8) is 0 Å². The minimum Gasteiger partial charge on any atom is -0.446 e. The maximum Gasteiger partial charge on any atom is 0.194 e. The summed E-state index contributed by atoms with van der Waals surface area (Å²) >= 11 is 0. The Bertz CT molecular complexity index is 215. The van der Waals surface area contributed by atoms with Crippen LogP contribution in [0.5, 0.6) is 0 Å². The summed E-state index contributed by atoms with van der Waals surface area (Å²) in [7, 11) is 0. The van der Waals surface area contributed by atoms with Crippen LogP contribution >= 0.6 is 0 Å². The van der Waals surface area contributed by atoms with Gasteiger partial charge < -0.3 is 4.42 Å². The van der Waals surface area contributed by atoms with Crippen molar-refractivity contribution < 1.29 is 4.42 Å². The van der Waals surface area contributed by atoms with Crippen molar-refractivity contribution in [2.24, 2.45) is 5.92 Å². The Morgan fingerprint density at radius 1 is 1.55 bits per heavy atom. The number of oxazole rings is 1. The van der Waals surface area contributed by atoms with Gasteiger partial charge in [0.15, 0.2) is 5.89 Å². The van der Waals surface area contributed by atoms with Gasteiger partial charge in [0.25, 0.3) is 0 Å². The van der Waals surface area contributed by atoms with Crippen molar-refractivity contribution in [2.75, 3.05) is 0 Å². The number of rotatable bonds is 3. The molecule has 11 heavy (non-hydrogen) atoms. The van der Waals surface area contributed by atoms with Gasteiger partial charge in [0, 0.05) is 12.8 Å². The SMILES string of the molecule is CCc1cnc(CC(C)C)o1. The number of hydrogen-bond donors (Lipinski definition) is 0. The van der Waals surface area contributed by atoms with Crippen molar-refractivity contribution in [3.05, 3.63) is 17.8 Å². The monoisotopic (exact) mass is 153 g/mol. The van der Waals surface area contributed by atoms with E-state index < -0.39 is 0 Å². The summed E-state index contributed by atoms with van der Waals surface area (Å²) in [6, 6.07) is 0. The van der Waals surface area contributed by atoms with Gasteiger partial charge >= 0.3 is 0 Å². The second kappa shape index (κ2) is 3.56. The van der Waals surface area contributed by atoms with Gasteiger partial charge in [-0.2, -0.15) is 0 Å². The fourth-order valence-corrected chi connectivity index (χ4v) is 0.955. The zero-order valence-electron chi connectivity index (χ0n) is 7.42. The molecule has 0 spiro atoms. The zero-order valence-corrected chi connectivity index (χ0v) is 7.42. The third-order valence-electron chi connectivity index (χ3n) is 1.53. The van der Waals surface area contributed by atoms with Gasteiger partial charge in [-0.15, -0.1) is 0 Å². The van der Waals surface area contributed by atoms with Crippen LogP contribution in [0.4, 0.5) is 0 Å². The van der Waals surface area contributed by atoms with Gasteiger partial charge in [-0.25, -0.2) is 4.98 Å². The molecule has 1 aromatic heterocycles. The fourth-order valence-electron chi connectivity index (χ4n) is 0.955. The highest BCUT2D eigenvalue weighted by Gasteiger charge is 2.03. The molecule has 2 heteroatoms. The van der Waals surface area contributed by atoms with Gasteiger partial charge in [0.2, 0.25) is 0 Å². The zero-order chi connectivity index (χ0) is 8.27. The smallest absolute Gasteiger partial charge is 0.194 e. The summed E-state index contributed by atoms with van der Waals surface area (Å²) in [5.74, 6) is 2.48. The molecule has 0 aliphatic heterocycles. The molecule has 0 aromatic carbocycles. The van der Waals surface area contributed by atoms with E-state index in [-0.39, 0.29) is 0 Å². The van der Waals surface area contributed by atoms with E-state index >= 15 is 0 Å². The molecule has 2 nitrogen and oxygen atoms in total. The second-order valence-electron chi connectivity index (χ2n) is 3.17. The molecule has 0 radical (unpaired) electrons. The average molecular weight is 153 g/mol. The van der Waals surface area contributed by atoms with Gasteiger partial charge in [-0.1, -0.05) is 20.8 Å². The molecular weight excluding hydrogens is 138 g/mol. The molecule has 1 heterocycles. The normalized spacial score (nSPS) is 10.9. The molecule has 0 fully saturated rings. The first-order valence-corrected chi connectivity index (χ1v) is 4.16. The van der Waals surface area contributed by atoms with Crippen molar-refractivity contribution in [1.29, 1.82) is 0 Å². The van der Waals surface area contributed by atoms with E-state index in [4.69, 9.17) is 4.42 Å². The fraction of sp³-hybridized carbons (Fsp3) is 0.667. The molecule has 1 aromatic rings. The van der Waals surface area contributed by atoms with Crippen LogP contribution in [0.3, 0.4) is 0 Å². The van der Waals surface area contributed by atoms with Gasteiger partial charge in [-0.3, -0.25) is 0 Å². The first-order chi connectivity index (χ1) is 5.22. The molecule has 0 bridgehead atoms. The highest BCUT2D eigenvalue weighted by molar-refractivity contribution is 4.93. The lowest BCUT2D eigenvalue weighted by molar-refractivity contribution is 0.431. The van der Waals surface area contributed by atoms with Crippen molar-refractivity contribution >= 4 is 0 Å². The van der Waals surface area contributed by atoms with E-state index in [1.165, 1.54) is 0 Å². The first-order valence-electron chi connectivity index (χ1n) is 4.16. The lowest BCUT2D eigenvalue weighted by atomic mass is 10.1. The van der Waals surface area contributed by atoms with Crippen molar-refractivity contribution in [3.8, 4) is 0 Å². The molecule has 0 aliphatic rings. The number of aromatic nitrogens is 1. The van der Waals surface area contributed by atoms with E-state index in [9.17, 15) is 0 Å². The molecule has 0 amide bonds. The Morgan fingerprint density at radius 2 is 2.27 bits per heavy atom. The van der Waals surface area contributed by atoms with Crippen LogP contribution in [-0.2, 0) is 12.8 Å². The van der Waals surface area contributed by atoms with Crippen LogP contribution in [0.25, 0.3) is 0 Å². The average Bonchev–Trinajstić information content (AvgIpc) is 2.34. The number of hydrogen-bond acceptors (Lipinski definition) is 2. The van der Waals surface area contributed by atoms with Crippen LogP contribution in [0.1, 0.15) is 32.4 Å². The highest BCUT2D eigenvalue weighted by Crippen LogP contribution is 2.08. The molecule has 0 saturated carbocycles. The minimum atomic E-state index is 0.623. The Labute approximate surface area is 67.6 Å². The Kier molecular flexibility index (Phi) is 2.69. The van der Waals surface area contributed by atoms with E-state index in [0.717, 1.165) is 24.5 Å². The van der Waals surface area contributed by atoms with E-state index in [0.29, 0.717) is 5.92 Å². The predicted octanol–water partition coefficient (Wildman–Crippen LogP) is 2.44. The first kappa shape index (κ1) is 8.31. The summed E-state index contributed by atoms with van der Waals surface area (Å²) in [6.45, 7) is 6.39. The van der Waals surface area contributed by atoms with E-state index in [1.54, 1.807) is 0 Å². The third kappa shape index (κ3) is 2.37. The Balaban J connectivity index is 2.58. The molecule has 0 saturated heterocycles. The molecule has 0 unspecified atom stereocenters. The summed E-state index contributed by atoms with van der Waals surface area (Å²) in [5, 5.41) is 0. The van der Waals surface area contributed by atoms with Crippen LogP contribution in [0, 0.1) is 5.92 Å². The molecule has 0 aliphatic carbocycles. The maximum atomic E-state index is 5.43. The number of nitrogens with zero attached hydrogens (tertiary/aromatic N) is 1. The summed E-state index contributed by atoms with van der Waals surface area (Å²) in [4.78, 5) is 4.16.